The third kappa shape index (κ3) is 4.08. The summed E-state index contributed by atoms with van der Waals surface area (Å²) in [6.07, 6.45) is 5.07. The number of methoxy groups -OCH3 is 1. The van der Waals surface area contributed by atoms with Crippen LogP contribution in [0.2, 0.25) is 0 Å². The lowest BCUT2D eigenvalue weighted by Crippen LogP contribution is -2.32. The van der Waals surface area contributed by atoms with Gasteiger partial charge in [-0.15, -0.1) is 0 Å². The summed E-state index contributed by atoms with van der Waals surface area (Å²) in [5.74, 6) is 1.36. The van der Waals surface area contributed by atoms with Gasteiger partial charge in [-0.1, -0.05) is 31.0 Å². The van der Waals surface area contributed by atoms with Crippen molar-refractivity contribution in [3.05, 3.63) is 59.2 Å². The molecule has 1 heterocycles. The molecular weight excluding hydrogens is 342 g/mol. The molecule has 1 aliphatic heterocycles. The molecule has 5 heteroatoms. The number of ether oxygens (including phenoxy) is 3. The molecule has 1 saturated carbocycles. The van der Waals surface area contributed by atoms with Crippen LogP contribution in [0.25, 0.3) is 0 Å². The van der Waals surface area contributed by atoms with Gasteiger partial charge in [0.15, 0.2) is 11.5 Å². The van der Waals surface area contributed by atoms with Crippen LogP contribution in [0.15, 0.2) is 42.5 Å². The summed E-state index contributed by atoms with van der Waals surface area (Å²) in [4.78, 5) is 14.2. The first-order valence-corrected chi connectivity index (χ1v) is 9.53. The molecule has 2 aromatic rings. The van der Waals surface area contributed by atoms with Crippen LogP contribution in [0.5, 0.6) is 11.5 Å². The van der Waals surface area contributed by atoms with Gasteiger partial charge in [-0.2, -0.15) is 0 Å². The molecule has 27 heavy (non-hydrogen) atoms. The molecule has 2 aliphatic rings. The highest BCUT2D eigenvalue weighted by Gasteiger charge is 2.24. The largest absolute Gasteiger partial charge is 0.465 e. The SMILES string of the molecule is COC(=O)c1ccc(CN(Cc2ccc3c(c2)OCO3)C2CCCC2)cc1. The van der Waals surface area contributed by atoms with Gasteiger partial charge in [-0.05, 0) is 48.2 Å². The van der Waals surface area contributed by atoms with E-state index in [1.807, 2.05) is 30.3 Å². The predicted molar refractivity (Wildman–Crippen MR) is 102 cm³/mol. The smallest absolute Gasteiger partial charge is 0.337 e. The maximum Gasteiger partial charge on any atom is 0.337 e. The fourth-order valence-corrected chi connectivity index (χ4v) is 3.96. The Labute approximate surface area is 159 Å². The predicted octanol–water partition coefficient (Wildman–Crippen LogP) is 4.15. The number of carbonyl (C=O) groups excluding carboxylic acids is 1. The van der Waals surface area contributed by atoms with Crippen molar-refractivity contribution in [2.75, 3.05) is 13.9 Å². The highest BCUT2D eigenvalue weighted by Crippen LogP contribution is 2.34. The van der Waals surface area contributed by atoms with E-state index in [1.165, 1.54) is 43.9 Å². The zero-order chi connectivity index (χ0) is 18.6. The second-order valence-electron chi connectivity index (χ2n) is 7.22. The Morgan fingerprint density at radius 2 is 1.67 bits per heavy atom. The van der Waals surface area contributed by atoms with E-state index in [4.69, 9.17) is 14.2 Å². The van der Waals surface area contributed by atoms with Crippen molar-refractivity contribution in [2.24, 2.45) is 0 Å². The van der Waals surface area contributed by atoms with E-state index in [9.17, 15) is 4.79 Å². The number of benzene rings is 2. The molecule has 1 fully saturated rings. The second kappa shape index (κ2) is 8.01. The molecule has 0 radical (unpaired) electrons. The van der Waals surface area contributed by atoms with Gasteiger partial charge >= 0.3 is 5.97 Å². The Balaban J connectivity index is 1.50. The van der Waals surface area contributed by atoms with E-state index >= 15 is 0 Å². The number of nitrogens with zero attached hydrogens (tertiary/aromatic N) is 1. The molecule has 0 saturated heterocycles. The summed E-state index contributed by atoms with van der Waals surface area (Å²) in [6, 6.07) is 14.5. The monoisotopic (exact) mass is 367 g/mol. The zero-order valence-corrected chi connectivity index (χ0v) is 15.6. The maximum absolute atomic E-state index is 11.6. The van der Waals surface area contributed by atoms with Crippen LogP contribution < -0.4 is 9.47 Å². The van der Waals surface area contributed by atoms with Crippen molar-refractivity contribution >= 4 is 5.97 Å². The minimum atomic E-state index is -0.297. The summed E-state index contributed by atoms with van der Waals surface area (Å²) in [7, 11) is 1.41. The first kappa shape index (κ1) is 17.9. The van der Waals surface area contributed by atoms with E-state index in [2.05, 4.69) is 17.0 Å². The van der Waals surface area contributed by atoms with Gasteiger partial charge in [-0.25, -0.2) is 4.79 Å². The molecular formula is C22H25NO4. The van der Waals surface area contributed by atoms with Gasteiger partial charge < -0.3 is 14.2 Å². The van der Waals surface area contributed by atoms with Gasteiger partial charge in [0.25, 0.3) is 0 Å². The Kier molecular flexibility index (Phi) is 5.30. The number of hydrogen-bond donors (Lipinski definition) is 0. The lowest BCUT2D eigenvalue weighted by molar-refractivity contribution is 0.0600. The van der Waals surface area contributed by atoms with E-state index in [0.29, 0.717) is 18.4 Å². The molecule has 4 rings (SSSR count). The fraction of sp³-hybridized carbons (Fsp3) is 0.409. The van der Waals surface area contributed by atoms with Gasteiger partial charge in [0.05, 0.1) is 12.7 Å². The van der Waals surface area contributed by atoms with Crippen LogP contribution in [0.1, 0.15) is 47.2 Å². The topological polar surface area (TPSA) is 48.0 Å². The molecule has 0 spiro atoms. The Bertz CT molecular complexity index is 796. The summed E-state index contributed by atoms with van der Waals surface area (Å²) < 4.78 is 15.7. The highest BCUT2D eigenvalue weighted by atomic mass is 16.7. The normalized spacial score (nSPS) is 16.1. The third-order valence-electron chi connectivity index (χ3n) is 5.42. The Hall–Kier alpha value is -2.53. The average molecular weight is 367 g/mol. The molecule has 2 aromatic carbocycles. The Morgan fingerprint density at radius 1 is 1.00 bits per heavy atom. The van der Waals surface area contributed by atoms with Crippen molar-refractivity contribution in [1.82, 2.24) is 4.90 Å². The second-order valence-corrected chi connectivity index (χ2v) is 7.22. The number of hydrogen-bond acceptors (Lipinski definition) is 5. The molecule has 1 aliphatic carbocycles. The summed E-state index contributed by atoms with van der Waals surface area (Å²) in [5.41, 5.74) is 3.03. The molecule has 0 aromatic heterocycles. The summed E-state index contributed by atoms with van der Waals surface area (Å²) in [6.45, 7) is 2.04. The minimum absolute atomic E-state index is 0.297. The van der Waals surface area contributed by atoms with Gasteiger partial charge in [0.1, 0.15) is 0 Å². The van der Waals surface area contributed by atoms with Crippen LogP contribution in [-0.4, -0.2) is 30.8 Å². The van der Waals surface area contributed by atoms with Crippen molar-refractivity contribution in [2.45, 2.75) is 44.8 Å². The van der Waals surface area contributed by atoms with Crippen LogP contribution >= 0.6 is 0 Å². The number of fused-ring (bicyclic) bond motifs is 1. The Morgan fingerprint density at radius 3 is 2.41 bits per heavy atom. The van der Waals surface area contributed by atoms with Crippen LogP contribution in [0.3, 0.4) is 0 Å². The number of rotatable bonds is 6. The molecule has 0 N–H and O–H groups in total. The van der Waals surface area contributed by atoms with Crippen molar-refractivity contribution in [3.8, 4) is 11.5 Å². The summed E-state index contributed by atoms with van der Waals surface area (Å²) in [5, 5.41) is 0. The quantitative estimate of drug-likeness (QED) is 0.718. The first-order valence-electron chi connectivity index (χ1n) is 9.53. The van der Waals surface area contributed by atoms with E-state index in [1.54, 1.807) is 0 Å². The van der Waals surface area contributed by atoms with Crippen LogP contribution in [-0.2, 0) is 17.8 Å². The molecule has 5 nitrogen and oxygen atoms in total. The van der Waals surface area contributed by atoms with E-state index < -0.39 is 0 Å². The molecule has 142 valence electrons. The molecule has 0 bridgehead atoms. The zero-order valence-electron chi connectivity index (χ0n) is 15.6. The van der Waals surface area contributed by atoms with E-state index in [-0.39, 0.29) is 5.97 Å². The number of esters is 1. The maximum atomic E-state index is 11.6. The van der Waals surface area contributed by atoms with E-state index in [0.717, 1.165) is 24.6 Å². The first-order chi connectivity index (χ1) is 13.2. The van der Waals surface area contributed by atoms with Crippen molar-refractivity contribution in [1.29, 1.82) is 0 Å². The lowest BCUT2D eigenvalue weighted by atomic mass is 10.1. The molecule has 0 unspecified atom stereocenters. The minimum Gasteiger partial charge on any atom is -0.465 e. The molecule has 0 amide bonds. The van der Waals surface area contributed by atoms with Crippen LogP contribution in [0, 0.1) is 0 Å². The van der Waals surface area contributed by atoms with Crippen molar-refractivity contribution < 1.29 is 19.0 Å². The van der Waals surface area contributed by atoms with Gasteiger partial charge in [-0.3, -0.25) is 4.90 Å². The summed E-state index contributed by atoms with van der Waals surface area (Å²) >= 11 is 0. The standard InChI is InChI=1S/C22H25NO4/c1-25-22(24)18-9-6-16(7-10-18)13-23(19-4-2-3-5-19)14-17-8-11-20-21(12-17)27-15-26-20/h6-12,19H,2-5,13-15H2,1H3. The highest BCUT2D eigenvalue weighted by molar-refractivity contribution is 5.89. The number of carbonyl (C=O) groups is 1. The van der Waals surface area contributed by atoms with Crippen molar-refractivity contribution in [3.63, 3.8) is 0 Å². The third-order valence-corrected chi connectivity index (χ3v) is 5.42. The van der Waals surface area contributed by atoms with Crippen LogP contribution in [0.4, 0.5) is 0 Å². The van der Waals surface area contributed by atoms with Gasteiger partial charge in [0.2, 0.25) is 6.79 Å². The average Bonchev–Trinajstić information content (AvgIpc) is 3.39. The fourth-order valence-electron chi connectivity index (χ4n) is 3.96. The molecule has 0 atom stereocenters. The lowest BCUT2D eigenvalue weighted by Gasteiger charge is -2.29. The van der Waals surface area contributed by atoms with Gasteiger partial charge in [0, 0.05) is 19.1 Å².